The summed E-state index contributed by atoms with van der Waals surface area (Å²) in [4.78, 5) is 26.6. The van der Waals surface area contributed by atoms with Crippen molar-refractivity contribution in [2.24, 2.45) is 0 Å². The molecule has 1 aliphatic heterocycles. The lowest BCUT2D eigenvalue weighted by atomic mass is 10.1. The van der Waals surface area contributed by atoms with Crippen molar-refractivity contribution in [3.05, 3.63) is 59.2 Å². The second kappa shape index (κ2) is 4.24. The van der Waals surface area contributed by atoms with Crippen LogP contribution in [0.3, 0.4) is 0 Å². The fourth-order valence-corrected chi connectivity index (χ4v) is 2.34. The Kier molecular flexibility index (Phi) is 2.68. The van der Waals surface area contributed by atoms with E-state index in [2.05, 4.69) is 12.6 Å². The molecule has 0 atom stereocenters. The summed E-state index contributed by atoms with van der Waals surface area (Å²) in [5.74, 6) is -0.539. The number of carbonyl (C=O) groups excluding carboxylic acids is 2. The van der Waals surface area contributed by atoms with Crippen molar-refractivity contribution < 1.29 is 9.59 Å². The van der Waals surface area contributed by atoms with Crippen molar-refractivity contribution in [1.29, 1.82) is 0 Å². The van der Waals surface area contributed by atoms with Gasteiger partial charge in [0.1, 0.15) is 0 Å². The SMILES string of the molecule is Cc1ccc2c(c1)C(=O)N(c1ccc(S)cc1)C2=O. The number of benzene rings is 2. The second-order valence-corrected chi connectivity index (χ2v) is 5.03. The molecule has 0 N–H and O–H groups in total. The van der Waals surface area contributed by atoms with Crippen LogP contribution in [0.1, 0.15) is 26.3 Å². The molecule has 3 nitrogen and oxygen atoms in total. The van der Waals surface area contributed by atoms with E-state index in [0.29, 0.717) is 16.8 Å². The summed E-state index contributed by atoms with van der Waals surface area (Å²) in [6.07, 6.45) is 0. The van der Waals surface area contributed by atoms with Crippen molar-refractivity contribution in [1.82, 2.24) is 0 Å². The highest BCUT2D eigenvalue weighted by molar-refractivity contribution is 7.80. The van der Waals surface area contributed by atoms with Gasteiger partial charge in [0, 0.05) is 4.90 Å². The summed E-state index contributed by atoms with van der Waals surface area (Å²) in [6, 6.07) is 12.2. The molecule has 0 bridgehead atoms. The number of thiol groups is 1. The summed E-state index contributed by atoms with van der Waals surface area (Å²) in [5.41, 5.74) is 2.47. The number of aryl methyl sites for hydroxylation is 1. The summed E-state index contributed by atoms with van der Waals surface area (Å²) in [5, 5.41) is 0. The first-order valence-corrected chi connectivity index (χ1v) is 6.31. The number of amides is 2. The van der Waals surface area contributed by atoms with Crippen molar-refractivity contribution in [2.75, 3.05) is 4.90 Å². The number of anilines is 1. The maximum atomic E-state index is 12.3. The predicted octanol–water partition coefficient (Wildman–Crippen LogP) is 3.08. The van der Waals surface area contributed by atoms with E-state index in [-0.39, 0.29) is 11.8 Å². The van der Waals surface area contributed by atoms with Gasteiger partial charge in [-0.25, -0.2) is 4.90 Å². The minimum Gasteiger partial charge on any atom is -0.268 e. The Morgan fingerprint density at radius 2 is 1.53 bits per heavy atom. The average molecular weight is 269 g/mol. The number of fused-ring (bicyclic) bond motifs is 1. The molecule has 0 saturated carbocycles. The van der Waals surface area contributed by atoms with Gasteiger partial charge in [0.05, 0.1) is 16.8 Å². The van der Waals surface area contributed by atoms with E-state index < -0.39 is 0 Å². The van der Waals surface area contributed by atoms with Crippen LogP contribution >= 0.6 is 12.6 Å². The highest BCUT2D eigenvalue weighted by Crippen LogP contribution is 2.29. The Bertz CT molecular complexity index is 692. The van der Waals surface area contributed by atoms with Crippen LogP contribution in [0, 0.1) is 6.92 Å². The van der Waals surface area contributed by atoms with Crippen LogP contribution in [0.15, 0.2) is 47.4 Å². The van der Waals surface area contributed by atoms with E-state index in [1.165, 1.54) is 4.90 Å². The highest BCUT2D eigenvalue weighted by Gasteiger charge is 2.36. The first kappa shape index (κ1) is 12.0. The Labute approximate surface area is 116 Å². The summed E-state index contributed by atoms with van der Waals surface area (Å²) >= 11 is 4.19. The molecular weight excluding hydrogens is 258 g/mol. The monoisotopic (exact) mass is 269 g/mol. The molecule has 0 unspecified atom stereocenters. The first-order valence-electron chi connectivity index (χ1n) is 5.86. The van der Waals surface area contributed by atoms with E-state index >= 15 is 0 Å². The molecule has 2 aromatic rings. The Morgan fingerprint density at radius 1 is 0.895 bits per heavy atom. The first-order chi connectivity index (χ1) is 9.08. The number of hydrogen-bond donors (Lipinski definition) is 1. The van der Waals surface area contributed by atoms with Gasteiger partial charge in [0.2, 0.25) is 0 Å². The van der Waals surface area contributed by atoms with Crippen molar-refractivity contribution >= 4 is 30.1 Å². The van der Waals surface area contributed by atoms with Gasteiger partial charge in [-0.2, -0.15) is 0 Å². The van der Waals surface area contributed by atoms with Gasteiger partial charge in [-0.3, -0.25) is 9.59 Å². The normalized spacial score (nSPS) is 13.9. The highest BCUT2D eigenvalue weighted by atomic mass is 32.1. The van der Waals surface area contributed by atoms with Crippen LogP contribution < -0.4 is 4.90 Å². The molecular formula is C15H11NO2S. The maximum Gasteiger partial charge on any atom is 0.266 e. The number of nitrogens with zero attached hydrogens (tertiary/aromatic N) is 1. The summed E-state index contributed by atoms with van der Waals surface area (Å²) in [7, 11) is 0. The number of rotatable bonds is 1. The standard InChI is InChI=1S/C15H11NO2S/c1-9-2-7-12-13(8-9)15(18)16(14(12)17)10-3-5-11(19)6-4-10/h2-8,19H,1H3. The molecule has 0 aromatic heterocycles. The smallest absolute Gasteiger partial charge is 0.266 e. The zero-order valence-corrected chi connectivity index (χ0v) is 11.1. The molecule has 0 fully saturated rings. The molecule has 0 aliphatic carbocycles. The molecule has 3 rings (SSSR count). The van der Waals surface area contributed by atoms with E-state index in [1.807, 2.05) is 13.0 Å². The van der Waals surface area contributed by atoms with Gasteiger partial charge in [0.25, 0.3) is 11.8 Å². The number of carbonyl (C=O) groups is 2. The van der Waals surface area contributed by atoms with Crippen molar-refractivity contribution in [2.45, 2.75) is 11.8 Å². The third-order valence-electron chi connectivity index (χ3n) is 3.15. The van der Waals surface area contributed by atoms with Gasteiger partial charge >= 0.3 is 0 Å². The Balaban J connectivity index is 2.10. The largest absolute Gasteiger partial charge is 0.268 e. The lowest BCUT2D eigenvalue weighted by molar-refractivity contribution is 0.0926. The molecule has 1 heterocycles. The minimum absolute atomic E-state index is 0.268. The lowest BCUT2D eigenvalue weighted by Gasteiger charge is -2.13. The van der Waals surface area contributed by atoms with Crippen LogP contribution in [0.25, 0.3) is 0 Å². The van der Waals surface area contributed by atoms with E-state index in [9.17, 15) is 9.59 Å². The maximum absolute atomic E-state index is 12.3. The van der Waals surface area contributed by atoms with Gasteiger partial charge in [0.15, 0.2) is 0 Å². The number of hydrogen-bond acceptors (Lipinski definition) is 3. The fraction of sp³-hybridized carbons (Fsp3) is 0.0667. The lowest BCUT2D eigenvalue weighted by Crippen LogP contribution is -2.29. The zero-order chi connectivity index (χ0) is 13.6. The van der Waals surface area contributed by atoms with E-state index in [4.69, 9.17) is 0 Å². The molecule has 0 radical (unpaired) electrons. The van der Waals surface area contributed by atoms with Gasteiger partial charge < -0.3 is 0 Å². The molecule has 0 spiro atoms. The van der Waals surface area contributed by atoms with Crippen LogP contribution in [0.2, 0.25) is 0 Å². The van der Waals surface area contributed by atoms with E-state index in [0.717, 1.165) is 10.5 Å². The predicted molar refractivity (Wildman–Crippen MR) is 76.0 cm³/mol. The molecule has 4 heteroatoms. The van der Waals surface area contributed by atoms with Crippen LogP contribution in [0.5, 0.6) is 0 Å². The molecule has 19 heavy (non-hydrogen) atoms. The molecule has 0 saturated heterocycles. The van der Waals surface area contributed by atoms with Crippen LogP contribution in [-0.2, 0) is 0 Å². The molecule has 94 valence electrons. The van der Waals surface area contributed by atoms with Crippen LogP contribution in [-0.4, -0.2) is 11.8 Å². The summed E-state index contributed by atoms with van der Waals surface area (Å²) < 4.78 is 0. The van der Waals surface area contributed by atoms with Crippen LogP contribution in [0.4, 0.5) is 5.69 Å². The molecule has 2 aromatic carbocycles. The molecule has 1 aliphatic rings. The Morgan fingerprint density at radius 3 is 2.21 bits per heavy atom. The fourth-order valence-electron chi connectivity index (χ4n) is 2.19. The Hall–Kier alpha value is -2.07. The van der Waals surface area contributed by atoms with Gasteiger partial charge in [-0.1, -0.05) is 11.6 Å². The number of imide groups is 1. The van der Waals surface area contributed by atoms with Gasteiger partial charge in [-0.15, -0.1) is 12.6 Å². The van der Waals surface area contributed by atoms with E-state index in [1.54, 1.807) is 36.4 Å². The average Bonchev–Trinajstić information content (AvgIpc) is 2.63. The minimum atomic E-state index is -0.271. The quantitative estimate of drug-likeness (QED) is 0.638. The molecule has 2 amide bonds. The third kappa shape index (κ3) is 1.85. The van der Waals surface area contributed by atoms with Crippen molar-refractivity contribution in [3.8, 4) is 0 Å². The van der Waals surface area contributed by atoms with Crippen molar-refractivity contribution in [3.63, 3.8) is 0 Å². The van der Waals surface area contributed by atoms with Gasteiger partial charge in [-0.05, 0) is 43.3 Å². The topological polar surface area (TPSA) is 37.4 Å². The zero-order valence-electron chi connectivity index (χ0n) is 10.3. The third-order valence-corrected chi connectivity index (χ3v) is 3.45. The summed E-state index contributed by atoms with van der Waals surface area (Å²) in [6.45, 7) is 1.90. The second-order valence-electron chi connectivity index (χ2n) is 4.51.